The van der Waals surface area contributed by atoms with Crippen molar-refractivity contribution in [2.45, 2.75) is 42.9 Å². The van der Waals surface area contributed by atoms with Gasteiger partial charge in [0.15, 0.2) is 0 Å². The van der Waals surface area contributed by atoms with Gasteiger partial charge in [0.05, 0.1) is 12.1 Å². The monoisotopic (exact) mass is 461 g/mol. The molecule has 1 heterocycles. The Hall–Kier alpha value is -1.86. The normalized spacial score (nSPS) is 14.1. The van der Waals surface area contributed by atoms with Crippen molar-refractivity contribution in [3.63, 3.8) is 0 Å². The molecule has 2 aromatic rings. The molecule has 1 aromatic carbocycles. The number of aryl methyl sites for hydroxylation is 1. The van der Waals surface area contributed by atoms with E-state index in [-0.39, 0.29) is 18.4 Å². The van der Waals surface area contributed by atoms with E-state index in [2.05, 4.69) is 26.2 Å². The number of benzene rings is 1. The van der Waals surface area contributed by atoms with E-state index >= 15 is 0 Å². The molecule has 148 valence electrons. The van der Waals surface area contributed by atoms with Gasteiger partial charge in [-0.1, -0.05) is 28.8 Å². The molecule has 3 rings (SSSR count). The first-order chi connectivity index (χ1) is 13.4. The number of pyridine rings is 1. The molecule has 1 aliphatic carbocycles. The number of nitrogens with one attached hydrogen (secondary N) is 1. The standard InChI is InChI=1S/C21H24BrN3O2S/c1-14-12-15(22)9-10-18(14)24-19(26)13-25(2)21(27)17-8-5-11-23-20(17)28-16-6-3-4-7-16/h5,8-12,16H,3-4,6-7,13H2,1-2H3,(H,24,26). The SMILES string of the molecule is Cc1cc(Br)ccc1NC(=O)CN(C)C(=O)c1cccnc1SC1CCCC1. The van der Waals surface area contributed by atoms with Gasteiger partial charge in [-0.2, -0.15) is 0 Å². The third-order valence-corrected chi connectivity index (χ3v) is 6.62. The number of aromatic nitrogens is 1. The van der Waals surface area contributed by atoms with Crippen LogP contribution in [0.1, 0.15) is 41.6 Å². The zero-order chi connectivity index (χ0) is 20.1. The maximum atomic E-state index is 12.9. The van der Waals surface area contributed by atoms with Crippen LogP contribution < -0.4 is 5.32 Å². The molecule has 0 aliphatic heterocycles. The van der Waals surface area contributed by atoms with Gasteiger partial charge in [0.25, 0.3) is 5.91 Å². The second-order valence-electron chi connectivity index (χ2n) is 7.05. The van der Waals surface area contributed by atoms with Crippen LogP contribution in [0.25, 0.3) is 0 Å². The van der Waals surface area contributed by atoms with Gasteiger partial charge >= 0.3 is 0 Å². The first kappa shape index (κ1) is 20.9. The minimum Gasteiger partial charge on any atom is -0.332 e. The molecule has 1 aliphatic rings. The number of nitrogens with zero attached hydrogens (tertiary/aromatic N) is 2. The lowest BCUT2D eigenvalue weighted by Crippen LogP contribution is -2.35. The topological polar surface area (TPSA) is 62.3 Å². The summed E-state index contributed by atoms with van der Waals surface area (Å²) in [6.45, 7) is 1.91. The number of carbonyl (C=O) groups excluding carboxylic acids is 2. The van der Waals surface area contributed by atoms with E-state index in [0.29, 0.717) is 10.8 Å². The summed E-state index contributed by atoms with van der Waals surface area (Å²) in [6, 6.07) is 9.22. The van der Waals surface area contributed by atoms with Crippen LogP contribution in [0, 0.1) is 6.92 Å². The Morgan fingerprint density at radius 1 is 1.29 bits per heavy atom. The van der Waals surface area contributed by atoms with Gasteiger partial charge in [-0.15, -0.1) is 11.8 Å². The fraction of sp³-hybridized carbons (Fsp3) is 0.381. The Labute approximate surface area is 178 Å². The Morgan fingerprint density at radius 3 is 2.75 bits per heavy atom. The van der Waals surface area contributed by atoms with Gasteiger partial charge in [-0.25, -0.2) is 4.98 Å². The summed E-state index contributed by atoms with van der Waals surface area (Å²) in [5.41, 5.74) is 2.27. The third kappa shape index (κ3) is 5.35. The third-order valence-electron chi connectivity index (χ3n) is 4.77. The predicted octanol–water partition coefficient (Wildman–Crippen LogP) is 4.90. The number of thioether (sulfide) groups is 1. The number of carbonyl (C=O) groups is 2. The van der Waals surface area contributed by atoms with E-state index in [1.807, 2.05) is 25.1 Å². The highest BCUT2D eigenvalue weighted by atomic mass is 79.9. The van der Waals surface area contributed by atoms with Crippen molar-refractivity contribution >= 4 is 45.2 Å². The number of halogens is 1. The van der Waals surface area contributed by atoms with Crippen LogP contribution in [-0.2, 0) is 4.79 Å². The van der Waals surface area contributed by atoms with Gasteiger partial charge in [0.1, 0.15) is 5.03 Å². The summed E-state index contributed by atoms with van der Waals surface area (Å²) >= 11 is 5.10. The number of rotatable bonds is 6. The average molecular weight is 462 g/mol. The van der Waals surface area contributed by atoms with Gasteiger partial charge < -0.3 is 10.2 Å². The van der Waals surface area contributed by atoms with E-state index in [9.17, 15) is 9.59 Å². The summed E-state index contributed by atoms with van der Waals surface area (Å²) in [7, 11) is 1.65. The summed E-state index contributed by atoms with van der Waals surface area (Å²) < 4.78 is 0.958. The number of anilines is 1. The molecule has 0 atom stereocenters. The minimum atomic E-state index is -0.227. The molecular formula is C21H24BrN3O2S. The van der Waals surface area contributed by atoms with Crippen LogP contribution in [0.15, 0.2) is 46.0 Å². The van der Waals surface area contributed by atoms with Crippen LogP contribution in [0.5, 0.6) is 0 Å². The summed E-state index contributed by atoms with van der Waals surface area (Å²) in [5.74, 6) is -0.411. The van der Waals surface area contributed by atoms with Gasteiger partial charge in [0, 0.05) is 28.7 Å². The molecule has 7 heteroatoms. The summed E-state index contributed by atoms with van der Waals surface area (Å²) in [6.07, 6.45) is 6.53. The van der Waals surface area contributed by atoms with Crippen LogP contribution in [0.2, 0.25) is 0 Å². The molecule has 1 fully saturated rings. The van der Waals surface area contributed by atoms with Gasteiger partial charge in [-0.3, -0.25) is 9.59 Å². The van der Waals surface area contributed by atoms with Crippen molar-refractivity contribution in [1.82, 2.24) is 9.88 Å². The Morgan fingerprint density at radius 2 is 2.04 bits per heavy atom. The quantitative estimate of drug-likeness (QED) is 0.664. The molecule has 0 spiro atoms. The zero-order valence-corrected chi connectivity index (χ0v) is 18.5. The highest BCUT2D eigenvalue weighted by Gasteiger charge is 2.23. The minimum absolute atomic E-state index is 0.0171. The molecule has 1 N–H and O–H groups in total. The van der Waals surface area contributed by atoms with Crippen molar-refractivity contribution in [2.24, 2.45) is 0 Å². The summed E-state index contributed by atoms with van der Waals surface area (Å²) in [5, 5.41) is 4.16. The fourth-order valence-electron chi connectivity index (χ4n) is 3.26. The van der Waals surface area contributed by atoms with Crippen molar-refractivity contribution in [3.05, 3.63) is 52.1 Å². The van der Waals surface area contributed by atoms with Crippen molar-refractivity contribution < 1.29 is 9.59 Å². The number of likely N-dealkylation sites (N-methyl/N-ethyl adjacent to an activating group) is 1. The molecular weight excluding hydrogens is 438 g/mol. The molecule has 28 heavy (non-hydrogen) atoms. The lowest BCUT2D eigenvalue weighted by molar-refractivity contribution is -0.116. The predicted molar refractivity (Wildman–Crippen MR) is 117 cm³/mol. The van der Waals surface area contributed by atoms with E-state index in [4.69, 9.17) is 0 Å². The van der Waals surface area contributed by atoms with Crippen LogP contribution >= 0.6 is 27.7 Å². The number of amides is 2. The number of hydrogen-bond acceptors (Lipinski definition) is 4. The van der Waals surface area contributed by atoms with E-state index in [1.54, 1.807) is 37.1 Å². The van der Waals surface area contributed by atoms with Crippen molar-refractivity contribution in [3.8, 4) is 0 Å². The zero-order valence-electron chi connectivity index (χ0n) is 16.1. The molecule has 0 saturated heterocycles. The van der Waals surface area contributed by atoms with Gasteiger partial charge in [-0.05, 0) is 55.7 Å². The first-order valence-corrected chi connectivity index (χ1v) is 11.0. The van der Waals surface area contributed by atoms with E-state index in [1.165, 1.54) is 30.6 Å². The molecule has 1 saturated carbocycles. The molecule has 2 amide bonds. The molecule has 0 radical (unpaired) electrons. The fourth-order valence-corrected chi connectivity index (χ4v) is 5.03. The van der Waals surface area contributed by atoms with E-state index in [0.717, 1.165) is 20.7 Å². The second kappa shape index (κ2) is 9.56. The van der Waals surface area contributed by atoms with Gasteiger partial charge in [0.2, 0.25) is 5.91 Å². The molecule has 0 unspecified atom stereocenters. The van der Waals surface area contributed by atoms with Crippen molar-refractivity contribution in [2.75, 3.05) is 18.9 Å². The Balaban J connectivity index is 1.64. The highest BCUT2D eigenvalue weighted by Crippen LogP contribution is 2.35. The smallest absolute Gasteiger partial charge is 0.256 e. The maximum absolute atomic E-state index is 12.9. The Bertz CT molecular complexity index is 868. The lowest BCUT2D eigenvalue weighted by atomic mass is 10.2. The summed E-state index contributed by atoms with van der Waals surface area (Å²) in [4.78, 5) is 31.2. The lowest BCUT2D eigenvalue weighted by Gasteiger charge is -2.19. The van der Waals surface area contributed by atoms with Crippen LogP contribution in [0.3, 0.4) is 0 Å². The maximum Gasteiger partial charge on any atom is 0.256 e. The Kier molecular flexibility index (Phi) is 7.13. The first-order valence-electron chi connectivity index (χ1n) is 9.37. The van der Waals surface area contributed by atoms with E-state index < -0.39 is 0 Å². The van der Waals surface area contributed by atoms with Crippen molar-refractivity contribution in [1.29, 1.82) is 0 Å². The highest BCUT2D eigenvalue weighted by molar-refractivity contribution is 9.10. The average Bonchev–Trinajstić information content (AvgIpc) is 3.17. The van der Waals surface area contributed by atoms with Crippen LogP contribution in [-0.4, -0.2) is 40.5 Å². The largest absolute Gasteiger partial charge is 0.332 e. The molecule has 1 aromatic heterocycles. The molecule has 5 nitrogen and oxygen atoms in total. The number of hydrogen-bond donors (Lipinski definition) is 1. The molecule has 0 bridgehead atoms. The second-order valence-corrected chi connectivity index (χ2v) is 9.25. The van der Waals surface area contributed by atoms with Crippen LogP contribution in [0.4, 0.5) is 5.69 Å².